The van der Waals surface area contributed by atoms with Gasteiger partial charge in [0, 0.05) is 12.1 Å². The fourth-order valence-corrected chi connectivity index (χ4v) is 5.65. The maximum Gasteiger partial charge on any atom is 0.337 e. The molecule has 0 atom stereocenters. The Hall–Kier alpha value is -4.79. The highest BCUT2D eigenvalue weighted by Crippen LogP contribution is 2.42. The summed E-state index contributed by atoms with van der Waals surface area (Å²) in [6.45, 7) is 0.750. The van der Waals surface area contributed by atoms with Gasteiger partial charge in [0.1, 0.15) is 11.3 Å². The molecule has 2 heterocycles. The van der Waals surface area contributed by atoms with Crippen LogP contribution in [0.5, 0.6) is 17.2 Å². The predicted molar refractivity (Wildman–Crippen MR) is 160 cm³/mol. The molecule has 0 bridgehead atoms. The van der Waals surface area contributed by atoms with Crippen LogP contribution < -0.4 is 14.2 Å². The van der Waals surface area contributed by atoms with Gasteiger partial charge in [-0.05, 0) is 74.6 Å². The number of hydrogen-bond donors (Lipinski definition) is 0. The van der Waals surface area contributed by atoms with Crippen molar-refractivity contribution in [1.29, 1.82) is 0 Å². The van der Waals surface area contributed by atoms with Gasteiger partial charge in [0.25, 0.3) is 0 Å². The van der Waals surface area contributed by atoms with Gasteiger partial charge < -0.3 is 27.9 Å². The van der Waals surface area contributed by atoms with Crippen LogP contribution in [0.2, 0.25) is 0 Å². The quantitative estimate of drug-likeness (QED) is 0.136. The number of ether oxygens (including phenoxy) is 4. The van der Waals surface area contributed by atoms with Crippen LogP contribution >= 0.6 is 0 Å². The summed E-state index contributed by atoms with van der Waals surface area (Å²) < 4.78 is 30.2. The zero-order chi connectivity index (χ0) is 29.2. The van der Waals surface area contributed by atoms with Gasteiger partial charge >= 0.3 is 5.97 Å². The molecule has 0 spiro atoms. The molecular weight excluding hydrogens is 534 g/mol. The first-order chi connectivity index (χ1) is 20.5. The smallest absolute Gasteiger partial charge is 0.337 e. The summed E-state index contributed by atoms with van der Waals surface area (Å²) in [5.74, 6) is 2.28. The Bertz CT molecular complexity index is 1790. The fourth-order valence-electron chi connectivity index (χ4n) is 5.65. The third-order valence-electron chi connectivity index (χ3n) is 7.78. The molecule has 9 nitrogen and oxygen atoms in total. The lowest BCUT2D eigenvalue weighted by Gasteiger charge is -2.15. The molecule has 0 saturated carbocycles. The van der Waals surface area contributed by atoms with Crippen LogP contribution in [-0.4, -0.2) is 48.9 Å². The van der Waals surface area contributed by atoms with E-state index in [4.69, 9.17) is 33.3 Å². The number of hydrogen-bond acceptors (Lipinski definition) is 8. The molecule has 0 fully saturated rings. The lowest BCUT2D eigenvalue weighted by Crippen LogP contribution is -2.04. The number of para-hydroxylation sites is 1. The molecule has 42 heavy (non-hydrogen) atoms. The Labute approximate surface area is 243 Å². The monoisotopic (exact) mass is 567 g/mol. The Balaban J connectivity index is 1.49. The number of oxazole rings is 1. The Morgan fingerprint density at radius 2 is 1.74 bits per heavy atom. The molecule has 0 radical (unpaired) electrons. The standard InChI is InChI=1S/C33H33N3O6/c1-38-27-18-22(19-28(39-2)30(27)40-3)32-35-24-12-8-11-23(29(24)42-32)31-34-25-17-21(33(37)41-4)13-14-26(25)36(31)16-15-20-9-6-5-7-10-20/h8-9,11-14,17-19H,5-7,10,15-16H2,1-4H3. The van der Waals surface area contributed by atoms with Crippen LogP contribution in [0.25, 0.3) is 45.0 Å². The minimum Gasteiger partial charge on any atom is -0.493 e. The van der Waals surface area contributed by atoms with Crippen LogP contribution in [0.3, 0.4) is 0 Å². The van der Waals surface area contributed by atoms with E-state index in [9.17, 15) is 4.79 Å². The molecule has 0 saturated heterocycles. The van der Waals surface area contributed by atoms with Gasteiger partial charge in [-0.2, -0.15) is 0 Å². The van der Waals surface area contributed by atoms with E-state index < -0.39 is 5.97 Å². The molecule has 9 heteroatoms. The third kappa shape index (κ3) is 4.95. The summed E-state index contributed by atoms with van der Waals surface area (Å²) in [7, 11) is 6.09. The van der Waals surface area contributed by atoms with E-state index in [1.165, 1.54) is 25.5 Å². The van der Waals surface area contributed by atoms with Gasteiger partial charge in [0.05, 0.1) is 50.6 Å². The molecular formula is C33H33N3O6. The topological polar surface area (TPSA) is 97.8 Å². The maximum atomic E-state index is 12.3. The van der Waals surface area contributed by atoms with Gasteiger partial charge in [-0.25, -0.2) is 14.8 Å². The van der Waals surface area contributed by atoms with Gasteiger partial charge in [-0.1, -0.05) is 17.7 Å². The van der Waals surface area contributed by atoms with E-state index >= 15 is 0 Å². The summed E-state index contributed by atoms with van der Waals surface area (Å²) >= 11 is 0. The molecule has 3 aromatic carbocycles. The maximum absolute atomic E-state index is 12.3. The molecule has 2 aromatic heterocycles. The van der Waals surface area contributed by atoms with Crippen molar-refractivity contribution in [3.63, 3.8) is 0 Å². The van der Waals surface area contributed by atoms with E-state index in [-0.39, 0.29) is 0 Å². The van der Waals surface area contributed by atoms with Gasteiger partial charge in [-0.15, -0.1) is 0 Å². The van der Waals surface area contributed by atoms with E-state index in [1.54, 1.807) is 33.5 Å². The Morgan fingerprint density at radius 1 is 0.929 bits per heavy atom. The van der Waals surface area contributed by atoms with Crippen LogP contribution in [-0.2, 0) is 11.3 Å². The number of carbonyl (C=O) groups is 1. The van der Waals surface area contributed by atoms with Crippen molar-refractivity contribution >= 4 is 28.1 Å². The average Bonchev–Trinajstić information content (AvgIpc) is 3.64. The predicted octanol–water partition coefficient (Wildman–Crippen LogP) is 7.21. The first-order valence-corrected chi connectivity index (χ1v) is 14.0. The molecule has 0 N–H and O–H groups in total. The van der Waals surface area contributed by atoms with Crippen molar-refractivity contribution in [3.05, 3.63) is 65.7 Å². The largest absolute Gasteiger partial charge is 0.493 e. The van der Waals surface area contributed by atoms with Gasteiger partial charge in [0.2, 0.25) is 11.6 Å². The van der Waals surface area contributed by atoms with Gasteiger partial charge in [-0.3, -0.25) is 0 Å². The van der Waals surface area contributed by atoms with Crippen LogP contribution in [0, 0.1) is 0 Å². The molecule has 5 aromatic rings. The number of fused-ring (bicyclic) bond motifs is 2. The van der Waals surface area contributed by atoms with Crippen molar-refractivity contribution in [2.45, 2.75) is 38.6 Å². The summed E-state index contributed by atoms with van der Waals surface area (Å²) in [5, 5.41) is 0. The number of benzene rings is 3. The number of esters is 1. The van der Waals surface area contributed by atoms with Crippen LogP contribution in [0.1, 0.15) is 42.5 Å². The van der Waals surface area contributed by atoms with Crippen molar-refractivity contribution in [1.82, 2.24) is 14.5 Å². The highest BCUT2D eigenvalue weighted by atomic mass is 16.5. The highest BCUT2D eigenvalue weighted by Gasteiger charge is 2.22. The first kappa shape index (κ1) is 27.4. The molecule has 0 aliphatic heterocycles. The zero-order valence-corrected chi connectivity index (χ0v) is 24.2. The van der Waals surface area contributed by atoms with E-state index in [0.717, 1.165) is 42.7 Å². The minimum atomic E-state index is -0.396. The van der Waals surface area contributed by atoms with Crippen molar-refractivity contribution in [2.24, 2.45) is 0 Å². The number of imidazole rings is 1. The number of methoxy groups -OCH3 is 4. The number of rotatable bonds is 9. The number of carbonyl (C=O) groups excluding carboxylic acids is 1. The molecule has 6 rings (SSSR count). The summed E-state index contributed by atoms with van der Waals surface area (Å²) in [5.41, 5.74) is 6.39. The normalized spacial score (nSPS) is 13.3. The highest BCUT2D eigenvalue weighted by molar-refractivity contribution is 5.96. The number of nitrogens with zero attached hydrogens (tertiary/aromatic N) is 3. The summed E-state index contributed by atoms with van der Waals surface area (Å²) in [6.07, 6.45) is 8.05. The van der Waals surface area contributed by atoms with Crippen LogP contribution in [0.15, 0.2) is 64.6 Å². The Morgan fingerprint density at radius 3 is 2.43 bits per heavy atom. The second kappa shape index (κ2) is 11.6. The lowest BCUT2D eigenvalue weighted by atomic mass is 9.97. The van der Waals surface area contributed by atoms with Gasteiger partial charge in [0.15, 0.2) is 17.1 Å². The van der Waals surface area contributed by atoms with E-state index in [0.29, 0.717) is 50.9 Å². The third-order valence-corrected chi connectivity index (χ3v) is 7.78. The van der Waals surface area contributed by atoms with Crippen molar-refractivity contribution in [3.8, 4) is 40.1 Å². The van der Waals surface area contributed by atoms with E-state index in [2.05, 4.69) is 10.6 Å². The van der Waals surface area contributed by atoms with E-state index in [1.807, 2.05) is 36.4 Å². The van der Waals surface area contributed by atoms with Crippen LogP contribution in [0.4, 0.5) is 0 Å². The average molecular weight is 568 g/mol. The minimum absolute atomic E-state index is 0.396. The second-order valence-corrected chi connectivity index (χ2v) is 10.2. The number of allylic oxidation sites excluding steroid dienone is 2. The summed E-state index contributed by atoms with van der Waals surface area (Å²) in [4.78, 5) is 22.1. The SMILES string of the molecule is COC(=O)c1ccc2c(c1)nc(-c1cccc3nc(-c4cc(OC)c(OC)c(OC)c4)oc13)n2CCC1=CCCCC1. The second-order valence-electron chi connectivity index (χ2n) is 10.2. The number of aromatic nitrogens is 3. The molecule has 1 aliphatic carbocycles. The lowest BCUT2D eigenvalue weighted by molar-refractivity contribution is 0.0601. The van der Waals surface area contributed by atoms with Crippen molar-refractivity contribution < 1.29 is 28.2 Å². The molecule has 1 aliphatic rings. The molecule has 0 unspecified atom stereocenters. The van der Waals surface area contributed by atoms with Crippen molar-refractivity contribution in [2.75, 3.05) is 28.4 Å². The number of aryl methyl sites for hydroxylation is 1. The molecule has 0 amide bonds. The first-order valence-electron chi connectivity index (χ1n) is 14.0. The summed E-state index contributed by atoms with van der Waals surface area (Å²) in [6, 6.07) is 15.0. The molecule has 216 valence electrons. The Kier molecular flexibility index (Phi) is 7.56. The fraction of sp³-hybridized carbons (Fsp3) is 0.303. The zero-order valence-electron chi connectivity index (χ0n) is 24.2.